The Morgan fingerprint density at radius 3 is 2.42 bits per heavy atom. The largest absolute Gasteiger partial charge is 0.380 e. The molecule has 4 heterocycles. The maximum absolute atomic E-state index is 4.19. The highest BCUT2D eigenvalue weighted by Crippen LogP contribution is 2.56. The highest BCUT2D eigenvalue weighted by Gasteiger charge is 2.42. The van der Waals surface area contributed by atoms with Crippen molar-refractivity contribution < 1.29 is 0 Å². The van der Waals surface area contributed by atoms with Crippen molar-refractivity contribution in [1.29, 1.82) is 0 Å². The minimum atomic E-state index is -0.0494. The first-order chi connectivity index (χ1) is 30.7. The van der Waals surface area contributed by atoms with Crippen LogP contribution in [0.1, 0.15) is 85.9 Å². The lowest BCUT2D eigenvalue weighted by atomic mass is 9.82. The van der Waals surface area contributed by atoms with E-state index in [1.807, 2.05) is 0 Å². The van der Waals surface area contributed by atoms with E-state index in [-0.39, 0.29) is 29.7 Å². The Labute approximate surface area is 371 Å². The number of allylic oxidation sites excluding steroid dienone is 14. The monoisotopic (exact) mass is 831 g/mol. The summed E-state index contributed by atoms with van der Waals surface area (Å²) in [6.45, 7) is 0.795. The van der Waals surface area contributed by atoms with Crippen molar-refractivity contribution in [3.63, 3.8) is 0 Å². The van der Waals surface area contributed by atoms with Gasteiger partial charge in [0, 0.05) is 62.0 Å². The van der Waals surface area contributed by atoms with Crippen LogP contribution in [-0.2, 0) is 0 Å². The lowest BCUT2D eigenvalue weighted by Gasteiger charge is -2.46. The Morgan fingerprint density at radius 1 is 0.677 bits per heavy atom. The molecular formula is C56H57N5S. The summed E-state index contributed by atoms with van der Waals surface area (Å²) in [7, 11) is 0. The van der Waals surface area contributed by atoms with Gasteiger partial charge in [0.2, 0.25) is 0 Å². The molecule has 9 atom stereocenters. The molecule has 12 rings (SSSR count). The first kappa shape index (κ1) is 38.6. The minimum absolute atomic E-state index is 0.0494. The van der Waals surface area contributed by atoms with Crippen LogP contribution in [0, 0.1) is 11.8 Å². The van der Waals surface area contributed by atoms with Crippen LogP contribution >= 0.6 is 11.8 Å². The molecule has 3 aliphatic heterocycles. The van der Waals surface area contributed by atoms with Crippen LogP contribution in [0.4, 0.5) is 0 Å². The molecule has 0 saturated carbocycles. The lowest BCUT2D eigenvalue weighted by molar-refractivity contribution is 0.154. The number of fused-ring (bicyclic) bond motifs is 7. The fraction of sp³-hybridized carbons (Fsp3) is 0.321. The lowest BCUT2D eigenvalue weighted by Crippen LogP contribution is -2.71. The average molecular weight is 832 g/mol. The van der Waals surface area contributed by atoms with Gasteiger partial charge in [-0.05, 0) is 109 Å². The molecule has 1 aromatic heterocycles. The molecule has 62 heavy (non-hydrogen) atoms. The Balaban J connectivity index is 0.969. The van der Waals surface area contributed by atoms with Crippen molar-refractivity contribution in [2.75, 3.05) is 6.54 Å². The van der Waals surface area contributed by atoms with Gasteiger partial charge in [-0.1, -0.05) is 134 Å². The number of thioether (sulfide) groups is 1. The van der Waals surface area contributed by atoms with E-state index in [0.717, 1.165) is 25.8 Å². The maximum atomic E-state index is 4.19. The zero-order chi connectivity index (χ0) is 41.0. The highest BCUT2D eigenvalue weighted by atomic mass is 32.2. The van der Waals surface area contributed by atoms with E-state index in [0.29, 0.717) is 23.8 Å². The van der Waals surface area contributed by atoms with Gasteiger partial charge in [-0.3, -0.25) is 16.0 Å². The van der Waals surface area contributed by atoms with Crippen molar-refractivity contribution in [1.82, 2.24) is 25.8 Å². The molecule has 4 aromatic rings. The quantitative estimate of drug-likeness (QED) is 0.140. The van der Waals surface area contributed by atoms with E-state index < -0.39 is 0 Å². The van der Waals surface area contributed by atoms with E-state index in [4.69, 9.17) is 0 Å². The van der Waals surface area contributed by atoms with Gasteiger partial charge in [0.15, 0.2) is 0 Å². The number of aromatic nitrogens is 1. The van der Waals surface area contributed by atoms with Gasteiger partial charge in [0.05, 0.1) is 30.1 Å². The molecular weight excluding hydrogens is 775 g/mol. The van der Waals surface area contributed by atoms with E-state index >= 15 is 0 Å². The molecule has 5 aliphatic carbocycles. The summed E-state index contributed by atoms with van der Waals surface area (Å²) in [5.41, 5.74) is 12.3. The topological polar surface area (TPSA) is 53.1 Å². The van der Waals surface area contributed by atoms with Crippen LogP contribution in [0.2, 0.25) is 0 Å². The van der Waals surface area contributed by atoms with Gasteiger partial charge in [0.25, 0.3) is 0 Å². The first-order valence-corrected chi connectivity index (χ1v) is 24.3. The molecule has 4 N–H and O–H groups in total. The standard InChI is InChI=1S/C56H57N5S/c1-5-17-36(18-6-1)39-23-15-24-40(33-39)41-34-46(56-59-54(37-19-7-2-8-20-37)58-55(60-56)38-21-9-3-10-22-38)52(57-35-41)45-29-16-28-44-51-49(62-53(44)45)32-31-48-50(51)43-27-13-14-30-47(43)61(48)42-25-11-4-12-26-42/h1-2,4-5,7-9,11-16,19,21,23-25,27-34,36-38,42,44,53-60H,3,6,10,17-18,20,22,26,35H2. The van der Waals surface area contributed by atoms with Gasteiger partial charge in [-0.2, -0.15) is 0 Å². The minimum Gasteiger partial charge on any atom is -0.380 e. The summed E-state index contributed by atoms with van der Waals surface area (Å²) < 4.78 is 2.60. The summed E-state index contributed by atoms with van der Waals surface area (Å²) in [5, 5.41) is 19.7. The molecule has 9 unspecified atom stereocenters. The predicted octanol–water partition coefficient (Wildman–Crippen LogP) is 11.9. The number of dihydropyridines is 1. The maximum Gasteiger partial charge on any atom is 0.0880 e. The summed E-state index contributed by atoms with van der Waals surface area (Å²) in [4.78, 5) is 1.41. The van der Waals surface area contributed by atoms with E-state index in [1.54, 1.807) is 0 Å². The third-order valence-corrected chi connectivity index (χ3v) is 16.3. The van der Waals surface area contributed by atoms with Crippen molar-refractivity contribution in [3.8, 4) is 0 Å². The van der Waals surface area contributed by atoms with Crippen molar-refractivity contribution in [2.45, 2.75) is 97.9 Å². The summed E-state index contributed by atoms with van der Waals surface area (Å²) in [6, 6.07) is 23.7. The van der Waals surface area contributed by atoms with E-state index in [2.05, 4.69) is 195 Å². The second-order valence-corrected chi connectivity index (χ2v) is 19.7. The van der Waals surface area contributed by atoms with Gasteiger partial charge in [0.1, 0.15) is 0 Å². The van der Waals surface area contributed by atoms with Gasteiger partial charge in [-0.25, -0.2) is 0 Å². The smallest absolute Gasteiger partial charge is 0.0880 e. The van der Waals surface area contributed by atoms with Gasteiger partial charge < -0.3 is 9.88 Å². The molecule has 3 aromatic carbocycles. The molecule has 1 fully saturated rings. The molecule has 312 valence electrons. The molecule has 5 nitrogen and oxygen atoms in total. The van der Waals surface area contributed by atoms with Gasteiger partial charge in [-0.15, -0.1) is 11.8 Å². The van der Waals surface area contributed by atoms with Crippen LogP contribution in [0.5, 0.6) is 0 Å². The molecule has 8 aliphatic rings. The van der Waals surface area contributed by atoms with Crippen molar-refractivity contribution in [2.24, 2.45) is 11.8 Å². The Morgan fingerprint density at radius 2 is 1.58 bits per heavy atom. The molecule has 0 amide bonds. The van der Waals surface area contributed by atoms with Crippen LogP contribution < -0.4 is 21.3 Å². The summed E-state index contributed by atoms with van der Waals surface area (Å²) in [6.07, 6.45) is 47.1. The summed E-state index contributed by atoms with van der Waals surface area (Å²) in [5.74, 6) is 1.67. The van der Waals surface area contributed by atoms with Crippen molar-refractivity contribution >= 4 is 39.1 Å². The third kappa shape index (κ3) is 6.91. The molecule has 6 heteroatoms. The average Bonchev–Trinajstić information content (AvgIpc) is 3.91. The Bertz CT molecular complexity index is 2720. The number of para-hydroxylation sites is 1. The molecule has 1 saturated heterocycles. The number of benzene rings is 3. The second-order valence-electron chi connectivity index (χ2n) is 18.5. The number of nitrogens with one attached hydrogen (secondary N) is 4. The molecule has 0 radical (unpaired) electrons. The van der Waals surface area contributed by atoms with E-state index in [1.165, 1.54) is 97.9 Å². The zero-order valence-corrected chi connectivity index (χ0v) is 36.2. The van der Waals surface area contributed by atoms with Crippen LogP contribution in [0.15, 0.2) is 180 Å². The Kier molecular flexibility index (Phi) is 10.3. The fourth-order valence-corrected chi connectivity index (χ4v) is 13.2. The first-order valence-electron chi connectivity index (χ1n) is 23.4. The van der Waals surface area contributed by atoms with Crippen LogP contribution in [0.25, 0.3) is 27.4 Å². The van der Waals surface area contributed by atoms with E-state index in [9.17, 15) is 0 Å². The van der Waals surface area contributed by atoms with Crippen LogP contribution in [0.3, 0.4) is 0 Å². The van der Waals surface area contributed by atoms with Crippen molar-refractivity contribution in [3.05, 3.63) is 191 Å². The second kappa shape index (κ2) is 16.5. The van der Waals surface area contributed by atoms with Crippen LogP contribution in [-0.4, -0.2) is 34.9 Å². The number of rotatable bonds is 7. The fourth-order valence-electron chi connectivity index (χ4n) is 11.8. The highest BCUT2D eigenvalue weighted by molar-refractivity contribution is 8.00. The normalized spacial score (nSPS) is 31.3. The molecule has 0 spiro atoms. The number of hydrogen-bond acceptors (Lipinski definition) is 5. The third-order valence-electron chi connectivity index (χ3n) is 14.9. The number of hydrogen-bond donors (Lipinski definition) is 4. The zero-order valence-electron chi connectivity index (χ0n) is 35.4. The Hall–Kier alpha value is -5.11. The summed E-state index contributed by atoms with van der Waals surface area (Å²) >= 11 is 2.07. The molecule has 0 bridgehead atoms. The number of nitrogens with zero attached hydrogens (tertiary/aromatic N) is 1. The SMILES string of the molecule is C1=CCC(C2NC(C3=C(C4=CC=CC5c6c(ccc7c6c6ccccc6n7C6C=CC=CC6)SC45)NCC(c4cccc(C5CC=CCC5)c4)=C3)NC(C3C=CCCC3)N2)C=C1. The van der Waals surface area contributed by atoms with Gasteiger partial charge >= 0.3 is 0 Å². The predicted molar refractivity (Wildman–Crippen MR) is 260 cm³/mol.